The third-order valence-electron chi connectivity index (χ3n) is 3.96. The van der Waals surface area contributed by atoms with Crippen LogP contribution in [0.1, 0.15) is 16.8 Å². The molecule has 2 aromatic heterocycles. The van der Waals surface area contributed by atoms with Crippen molar-refractivity contribution in [2.75, 3.05) is 5.32 Å². The van der Waals surface area contributed by atoms with E-state index in [2.05, 4.69) is 36.2 Å². The van der Waals surface area contributed by atoms with E-state index < -0.39 is 0 Å². The zero-order valence-corrected chi connectivity index (χ0v) is 15.9. The van der Waals surface area contributed by atoms with Crippen LogP contribution in [0, 0.1) is 13.8 Å². The number of halogens is 1. The summed E-state index contributed by atoms with van der Waals surface area (Å²) in [6, 6.07) is 9.17. The molecular formula is C19H17BrN4O2. The summed E-state index contributed by atoms with van der Waals surface area (Å²) in [5.74, 6) is 0.175. The molecule has 0 spiro atoms. The maximum atomic E-state index is 12.4. The summed E-state index contributed by atoms with van der Waals surface area (Å²) in [7, 11) is 0. The van der Waals surface area contributed by atoms with Crippen molar-refractivity contribution in [1.29, 1.82) is 0 Å². The van der Waals surface area contributed by atoms with Gasteiger partial charge in [0, 0.05) is 39.4 Å². The van der Waals surface area contributed by atoms with Gasteiger partial charge in [-0.3, -0.25) is 14.6 Å². The zero-order chi connectivity index (χ0) is 18.7. The van der Waals surface area contributed by atoms with Crippen molar-refractivity contribution in [2.45, 2.75) is 20.3 Å². The fraction of sp³-hybridized carbons (Fsp3) is 0.158. The molecule has 0 unspecified atom stereocenters. The number of carbonyl (C=O) groups excluding carboxylic acids is 1. The van der Waals surface area contributed by atoms with Crippen LogP contribution < -0.4 is 10.9 Å². The van der Waals surface area contributed by atoms with Crippen molar-refractivity contribution < 1.29 is 4.79 Å². The largest absolute Gasteiger partial charge is 0.326 e. The number of H-pyrrole nitrogens is 1. The van der Waals surface area contributed by atoms with Crippen LogP contribution in [0.5, 0.6) is 0 Å². The molecule has 0 aliphatic rings. The van der Waals surface area contributed by atoms with Crippen molar-refractivity contribution in [1.82, 2.24) is 15.0 Å². The van der Waals surface area contributed by atoms with Gasteiger partial charge in [-0.1, -0.05) is 15.9 Å². The molecule has 7 heteroatoms. The Labute approximate surface area is 158 Å². The third-order valence-corrected chi connectivity index (χ3v) is 4.45. The number of carbonyl (C=O) groups is 1. The lowest BCUT2D eigenvalue weighted by Gasteiger charge is -2.10. The quantitative estimate of drug-likeness (QED) is 0.687. The van der Waals surface area contributed by atoms with Gasteiger partial charge >= 0.3 is 0 Å². The normalized spacial score (nSPS) is 10.6. The molecule has 6 nitrogen and oxygen atoms in total. The molecule has 0 saturated carbocycles. The summed E-state index contributed by atoms with van der Waals surface area (Å²) in [4.78, 5) is 36.0. The Morgan fingerprint density at radius 3 is 2.73 bits per heavy atom. The van der Waals surface area contributed by atoms with Crippen LogP contribution in [0.25, 0.3) is 11.4 Å². The van der Waals surface area contributed by atoms with E-state index in [1.165, 1.54) is 0 Å². The maximum absolute atomic E-state index is 12.4. The van der Waals surface area contributed by atoms with E-state index in [0.717, 1.165) is 10.0 Å². The van der Waals surface area contributed by atoms with Crippen molar-refractivity contribution >= 4 is 27.5 Å². The molecule has 26 heavy (non-hydrogen) atoms. The van der Waals surface area contributed by atoms with Gasteiger partial charge in [-0.25, -0.2) is 4.98 Å². The number of aryl methyl sites for hydroxylation is 2. The van der Waals surface area contributed by atoms with Crippen LogP contribution in [-0.2, 0) is 11.2 Å². The van der Waals surface area contributed by atoms with Gasteiger partial charge in [0.25, 0.3) is 5.56 Å². The predicted molar refractivity (Wildman–Crippen MR) is 104 cm³/mol. The van der Waals surface area contributed by atoms with Crippen LogP contribution >= 0.6 is 15.9 Å². The molecule has 0 atom stereocenters. The van der Waals surface area contributed by atoms with Gasteiger partial charge in [0.1, 0.15) is 5.82 Å². The molecule has 0 radical (unpaired) electrons. The van der Waals surface area contributed by atoms with E-state index in [4.69, 9.17) is 0 Å². The predicted octanol–water partition coefficient (Wildman–Crippen LogP) is 3.39. The van der Waals surface area contributed by atoms with Crippen LogP contribution in [0.2, 0.25) is 0 Å². The van der Waals surface area contributed by atoms with Crippen LogP contribution in [0.15, 0.2) is 52.0 Å². The smallest absolute Gasteiger partial charge is 0.255 e. The molecule has 1 aromatic carbocycles. The molecule has 0 bridgehead atoms. The number of amides is 1. The second kappa shape index (κ2) is 7.61. The molecule has 1 amide bonds. The van der Waals surface area contributed by atoms with Crippen molar-refractivity contribution in [2.24, 2.45) is 0 Å². The fourth-order valence-corrected chi connectivity index (χ4v) is 3.06. The number of anilines is 1. The van der Waals surface area contributed by atoms with Crippen molar-refractivity contribution in [3.8, 4) is 11.4 Å². The van der Waals surface area contributed by atoms with Gasteiger partial charge in [0.05, 0.1) is 6.42 Å². The number of hydrogen-bond acceptors (Lipinski definition) is 4. The first-order valence-electron chi connectivity index (χ1n) is 8.00. The van der Waals surface area contributed by atoms with Gasteiger partial charge in [-0.2, -0.15) is 0 Å². The van der Waals surface area contributed by atoms with E-state index in [1.807, 2.05) is 31.2 Å². The number of benzene rings is 1. The summed E-state index contributed by atoms with van der Waals surface area (Å²) in [6.45, 7) is 3.63. The van der Waals surface area contributed by atoms with Crippen LogP contribution in [-0.4, -0.2) is 20.9 Å². The molecule has 3 aromatic rings. The summed E-state index contributed by atoms with van der Waals surface area (Å²) in [5, 5.41) is 2.84. The lowest BCUT2D eigenvalue weighted by molar-refractivity contribution is -0.115. The minimum absolute atomic E-state index is 0.0447. The molecular weight excluding hydrogens is 396 g/mol. The van der Waals surface area contributed by atoms with E-state index >= 15 is 0 Å². The summed E-state index contributed by atoms with van der Waals surface area (Å²) in [6.07, 6.45) is 3.23. The van der Waals surface area contributed by atoms with Gasteiger partial charge in [0.2, 0.25) is 5.91 Å². The second-order valence-electron chi connectivity index (χ2n) is 5.90. The first-order chi connectivity index (χ1) is 12.4. The average molecular weight is 413 g/mol. The number of rotatable bonds is 4. The monoisotopic (exact) mass is 412 g/mol. The Morgan fingerprint density at radius 2 is 2.08 bits per heavy atom. The molecule has 0 aliphatic heterocycles. The van der Waals surface area contributed by atoms with Crippen LogP contribution in [0.4, 0.5) is 5.69 Å². The number of nitrogens with one attached hydrogen (secondary N) is 2. The van der Waals surface area contributed by atoms with Crippen LogP contribution in [0.3, 0.4) is 0 Å². The minimum atomic E-state index is -0.320. The Hall–Kier alpha value is -2.80. The second-order valence-corrected chi connectivity index (χ2v) is 6.82. The Morgan fingerprint density at radius 1 is 1.27 bits per heavy atom. The van der Waals surface area contributed by atoms with Gasteiger partial charge in [-0.05, 0) is 49.7 Å². The Bertz CT molecular complexity index is 1020. The number of pyridine rings is 1. The van der Waals surface area contributed by atoms with E-state index in [0.29, 0.717) is 28.3 Å². The summed E-state index contributed by atoms with van der Waals surface area (Å²) < 4.78 is 0.940. The summed E-state index contributed by atoms with van der Waals surface area (Å²) >= 11 is 3.39. The molecule has 2 N–H and O–H groups in total. The number of hydrogen-bond donors (Lipinski definition) is 2. The fourth-order valence-electron chi connectivity index (χ4n) is 2.58. The van der Waals surface area contributed by atoms with Gasteiger partial charge in [-0.15, -0.1) is 0 Å². The number of aromatic nitrogens is 3. The first kappa shape index (κ1) is 18.0. The highest BCUT2D eigenvalue weighted by atomic mass is 79.9. The van der Waals surface area contributed by atoms with Crippen molar-refractivity contribution in [3.05, 3.63) is 74.4 Å². The Balaban J connectivity index is 1.81. The lowest BCUT2D eigenvalue weighted by atomic mass is 10.1. The lowest BCUT2D eigenvalue weighted by Crippen LogP contribution is -2.24. The SMILES string of the molecule is Cc1cc(Br)ccc1NC(=O)Cc1c(C)nc(-c2cccnc2)[nH]c1=O. The molecule has 0 fully saturated rings. The topological polar surface area (TPSA) is 87.7 Å². The highest BCUT2D eigenvalue weighted by Crippen LogP contribution is 2.20. The average Bonchev–Trinajstić information content (AvgIpc) is 2.61. The van der Waals surface area contributed by atoms with E-state index in [9.17, 15) is 9.59 Å². The van der Waals surface area contributed by atoms with Crippen molar-refractivity contribution in [3.63, 3.8) is 0 Å². The standard InChI is InChI=1S/C19H17BrN4O2/c1-11-8-14(20)5-6-16(11)23-17(25)9-15-12(2)22-18(24-19(15)26)13-4-3-7-21-10-13/h3-8,10H,9H2,1-2H3,(H,23,25)(H,22,24,26). The molecule has 0 aliphatic carbocycles. The molecule has 3 rings (SSSR count). The number of nitrogens with zero attached hydrogens (tertiary/aromatic N) is 2. The van der Waals surface area contributed by atoms with E-state index in [-0.39, 0.29) is 17.9 Å². The minimum Gasteiger partial charge on any atom is -0.326 e. The molecule has 2 heterocycles. The first-order valence-corrected chi connectivity index (χ1v) is 8.79. The highest BCUT2D eigenvalue weighted by Gasteiger charge is 2.14. The van der Waals surface area contributed by atoms with Gasteiger partial charge in [0.15, 0.2) is 0 Å². The zero-order valence-electron chi connectivity index (χ0n) is 14.3. The highest BCUT2D eigenvalue weighted by molar-refractivity contribution is 9.10. The Kier molecular flexibility index (Phi) is 5.27. The van der Waals surface area contributed by atoms with E-state index in [1.54, 1.807) is 25.4 Å². The molecule has 0 saturated heterocycles. The van der Waals surface area contributed by atoms with Gasteiger partial charge < -0.3 is 10.3 Å². The maximum Gasteiger partial charge on any atom is 0.255 e. The molecule has 132 valence electrons. The number of aromatic amines is 1. The third kappa shape index (κ3) is 4.05. The summed E-state index contributed by atoms with van der Waals surface area (Å²) in [5.41, 5.74) is 2.92.